The minimum atomic E-state index is -2.02. The van der Waals surface area contributed by atoms with E-state index < -0.39 is 19.2 Å². The highest BCUT2D eigenvalue weighted by molar-refractivity contribution is 6.74. The molecule has 9 nitrogen and oxygen atoms in total. The van der Waals surface area contributed by atoms with Crippen LogP contribution in [0.5, 0.6) is 11.5 Å². The second-order valence-corrected chi connectivity index (χ2v) is 16.4. The quantitative estimate of drug-likeness (QED) is 0.0815. The van der Waals surface area contributed by atoms with E-state index in [0.29, 0.717) is 41.6 Å². The van der Waals surface area contributed by atoms with E-state index in [1.54, 1.807) is 12.1 Å². The zero-order valence-corrected chi connectivity index (χ0v) is 25.8. The van der Waals surface area contributed by atoms with Crippen molar-refractivity contribution in [2.75, 3.05) is 13.7 Å². The summed E-state index contributed by atoms with van der Waals surface area (Å²) < 4.78 is 17.5. The van der Waals surface area contributed by atoms with Crippen molar-refractivity contribution in [3.05, 3.63) is 106 Å². The normalized spacial score (nSPS) is 12.5. The molecule has 0 spiro atoms. The van der Waals surface area contributed by atoms with Crippen LogP contribution in [0.15, 0.2) is 78.9 Å². The van der Waals surface area contributed by atoms with Crippen LogP contribution in [0.3, 0.4) is 0 Å². The van der Waals surface area contributed by atoms with Crippen LogP contribution in [-0.4, -0.2) is 42.9 Å². The molecule has 0 radical (unpaired) electrons. The zero-order valence-electron chi connectivity index (χ0n) is 24.8. The van der Waals surface area contributed by atoms with E-state index in [4.69, 9.17) is 18.9 Å². The number of esters is 1. The topological polar surface area (TPSA) is 117 Å². The minimum absolute atomic E-state index is 0.00298. The standard InChI is InChI=1S/C32H37N3O6Si/c1-32(2,3)42(5,6)40-21-20-27(22-12-16-24(17-13-22)35(37)38)30-33-28(29(34-30)31(36)39-4)23-14-18-26(19-15-23)41-25-10-8-7-9-11-25/h7-19,27H,20-21H2,1-6H3,(H,33,34). The molecule has 0 saturated carbocycles. The third-order valence-corrected chi connectivity index (χ3v) is 12.3. The molecule has 0 saturated heterocycles. The molecule has 42 heavy (non-hydrogen) atoms. The van der Waals surface area contributed by atoms with Crippen molar-refractivity contribution in [1.29, 1.82) is 0 Å². The van der Waals surface area contributed by atoms with Crippen LogP contribution in [0.2, 0.25) is 18.1 Å². The zero-order chi connectivity index (χ0) is 30.5. The summed E-state index contributed by atoms with van der Waals surface area (Å²) in [5.74, 6) is 1.05. The van der Waals surface area contributed by atoms with Gasteiger partial charge in [0.2, 0.25) is 0 Å². The van der Waals surface area contributed by atoms with E-state index in [1.165, 1.54) is 19.2 Å². The van der Waals surface area contributed by atoms with Gasteiger partial charge in [0.05, 0.1) is 12.0 Å². The average Bonchev–Trinajstić information content (AvgIpc) is 3.40. The fourth-order valence-electron chi connectivity index (χ4n) is 4.26. The summed E-state index contributed by atoms with van der Waals surface area (Å²) in [6, 6.07) is 23.2. The molecule has 1 N–H and O–H groups in total. The Morgan fingerprint density at radius 2 is 1.60 bits per heavy atom. The number of nitrogens with one attached hydrogen (secondary N) is 1. The number of ether oxygens (including phenoxy) is 2. The maximum absolute atomic E-state index is 12.9. The summed E-state index contributed by atoms with van der Waals surface area (Å²) in [4.78, 5) is 31.8. The summed E-state index contributed by atoms with van der Waals surface area (Å²) in [5.41, 5.74) is 2.20. The predicted octanol–water partition coefficient (Wildman–Crippen LogP) is 8.11. The van der Waals surface area contributed by atoms with E-state index >= 15 is 0 Å². The average molecular weight is 588 g/mol. The third kappa shape index (κ3) is 7.13. The minimum Gasteiger partial charge on any atom is -0.464 e. The number of rotatable bonds is 11. The van der Waals surface area contributed by atoms with Crippen molar-refractivity contribution in [1.82, 2.24) is 9.97 Å². The molecule has 1 atom stereocenters. The van der Waals surface area contributed by atoms with Gasteiger partial charge in [-0.25, -0.2) is 9.78 Å². The molecular weight excluding hydrogens is 550 g/mol. The Balaban J connectivity index is 1.69. The van der Waals surface area contributed by atoms with Crippen LogP contribution in [0.25, 0.3) is 11.3 Å². The molecule has 0 bridgehead atoms. The summed E-state index contributed by atoms with van der Waals surface area (Å²) in [7, 11) is -0.695. The monoisotopic (exact) mass is 587 g/mol. The summed E-state index contributed by atoms with van der Waals surface area (Å²) in [6.45, 7) is 11.4. The summed E-state index contributed by atoms with van der Waals surface area (Å²) in [5, 5.41) is 11.3. The molecule has 220 valence electrons. The van der Waals surface area contributed by atoms with E-state index in [2.05, 4.69) is 38.8 Å². The van der Waals surface area contributed by atoms with Gasteiger partial charge in [-0.2, -0.15) is 0 Å². The first-order valence-corrected chi connectivity index (χ1v) is 16.7. The van der Waals surface area contributed by atoms with Crippen molar-refractivity contribution in [2.45, 2.75) is 51.2 Å². The molecule has 4 rings (SSSR count). The number of imidazole rings is 1. The molecule has 1 unspecified atom stereocenters. The van der Waals surface area contributed by atoms with Crippen molar-refractivity contribution in [2.24, 2.45) is 0 Å². The molecule has 10 heteroatoms. The Labute approximate surface area is 247 Å². The second-order valence-electron chi connectivity index (χ2n) is 11.6. The molecule has 0 fully saturated rings. The van der Waals surface area contributed by atoms with Gasteiger partial charge in [-0.3, -0.25) is 10.1 Å². The van der Waals surface area contributed by atoms with Gasteiger partial charge in [-0.1, -0.05) is 51.1 Å². The van der Waals surface area contributed by atoms with Gasteiger partial charge in [0.15, 0.2) is 14.0 Å². The lowest BCUT2D eigenvalue weighted by atomic mass is 9.95. The lowest BCUT2D eigenvalue weighted by molar-refractivity contribution is -0.384. The Bertz CT molecular complexity index is 1510. The molecule has 0 aliphatic heterocycles. The highest BCUT2D eigenvalue weighted by Crippen LogP contribution is 2.38. The van der Waals surface area contributed by atoms with E-state index in [1.807, 2.05) is 54.6 Å². The number of carbonyl (C=O) groups is 1. The predicted molar refractivity (Wildman–Crippen MR) is 165 cm³/mol. The number of non-ortho nitro benzene ring substituents is 1. The van der Waals surface area contributed by atoms with Gasteiger partial charge < -0.3 is 18.9 Å². The van der Waals surface area contributed by atoms with Gasteiger partial charge in [-0.05, 0) is 66.5 Å². The largest absolute Gasteiger partial charge is 0.464 e. The number of hydrogen-bond acceptors (Lipinski definition) is 7. The Kier molecular flexibility index (Phi) is 9.28. The van der Waals surface area contributed by atoms with Crippen LogP contribution < -0.4 is 4.74 Å². The first-order chi connectivity index (χ1) is 19.9. The van der Waals surface area contributed by atoms with Crippen molar-refractivity contribution in [3.8, 4) is 22.8 Å². The number of methoxy groups -OCH3 is 1. The molecular formula is C32H37N3O6Si. The number of nitrogens with zero attached hydrogens (tertiary/aromatic N) is 2. The number of nitro groups is 1. The van der Waals surface area contributed by atoms with Crippen LogP contribution in [0, 0.1) is 10.1 Å². The van der Waals surface area contributed by atoms with E-state index in [9.17, 15) is 14.9 Å². The fourth-order valence-corrected chi connectivity index (χ4v) is 5.32. The molecule has 0 aliphatic carbocycles. The molecule has 3 aromatic carbocycles. The Hall–Kier alpha value is -4.28. The van der Waals surface area contributed by atoms with Crippen LogP contribution in [0.1, 0.15) is 55.0 Å². The van der Waals surface area contributed by atoms with Crippen LogP contribution >= 0.6 is 0 Å². The van der Waals surface area contributed by atoms with Gasteiger partial charge in [0, 0.05) is 30.2 Å². The number of H-pyrrole nitrogens is 1. The molecule has 0 aliphatic rings. The highest BCUT2D eigenvalue weighted by atomic mass is 28.4. The van der Waals surface area contributed by atoms with E-state index in [-0.39, 0.29) is 22.3 Å². The first kappa shape index (κ1) is 30.7. The van der Waals surface area contributed by atoms with Gasteiger partial charge >= 0.3 is 5.97 Å². The van der Waals surface area contributed by atoms with Gasteiger partial charge in [-0.15, -0.1) is 0 Å². The van der Waals surface area contributed by atoms with Crippen molar-refractivity contribution in [3.63, 3.8) is 0 Å². The smallest absolute Gasteiger partial charge is 0.356 e. The Morgan fingerprint density at radius 3 is 2.17 bits per heavy atom. The molecule has 1 heterocycles. The fraction of sp³-hybridized carbons (Fsp3) is 0.312. The third-order valence-electron chi connectivity index (χ3n) is 7.73. The van der Waals surface area contributed by atoms with E-state index in [0.717, 1.165) is 5.56 Å². The lowest BCUT2D eigenvalue weighted by Crippen LogP contribution is -2.41. The van der Waals surface area contributed by atoms with Crippen molar-refractivity contribution < 1.29 is 23.6 Å². The number of hydrogen-bond donors (Lipinski definition) is 1. The first-order valence-electron chi connectivity index (χ1n) is 13.8. The summed E-state index contributed by atoms with van der Waals surface area (Å²) in [6.07, 6.45) is 0.557. The molecule has 4 aromatic rings. The maximum Gasteiger partial charge on any atom is 0.356 e. The van der Waals surface area contributed by atoms with Crippen molar-refractivity contribution >= 4 is 20.0 Å². The Morgan fingerprint density at radius 1 is 0.976 bits per heavy atom. The molecule has 1 aromatic heterocycles. The number of nitro benzene ring substituents is 1. The number of aromatic amines is 1. The number of para-hydroxylation sites is 1. The van der Waals surface area contributed by atoms with Gasteiger partial charge in [0.25, 0.3) is 5.69 Å². The maximum atomic E-state index is 12.9. The number of aromatic nitrogens is 2. The van der Waals surface area contributed by atoms with Crippen LogP contribution in [0.4, 0.5) is 5.69 Å². The van der Waals surface area contributed by atoms with Gasteiger partial charge in [0.1, 0.15) is 23.0 Å². The number of carbonyl (C=O) groups excluding carboxylic acids is 1. The molecule has 0 amide bonds. The lowest BCUT2D eigenvalue weighted by Gasteiger charge is -2.36. The number of benzene rings is 3. The van der Waals surface area contributed by atoms with Crippen LogP contribution in [-0.2, 0) is 9.16 Å². The second kappa shape index (κ2) is 12.7. The SMILES string of the molecule is COC(=O)c1[nH]c(C(CCO[Si](C)(C)C(C)(C)C)c2ccc([N+](=O)[O-])cc2)nc1-c1ccc(Oc2ccccc2)cc1. The summed E-state index contributed by atoms with van der Waals surface area (Å²) >= 11 is 0. The highest BCUT2D eigenvalue weighted by Gasteiger charge is 2.37.